The average molecular weight is 264 g/mol. The molecular formula is C9H9N2NaO4S. The van der Waals surface area contributed by atoms with Crippen LogP contribution in [0.1, 0.15) is 0 Å². The molecule has 6 nitrogen and oxygen atoms in total. The summed E-state index contributed by atoms with van der Waals surface area (Å²) in [5.74, 6) is 0. The molecule has 0 saturated heterocycles. The van der Waals surface area contributed by atoms with E-state index in [4.69, 9.17) is 0 Å². The second kappa shape index (κ2) is 4.58. The molecule has 0 atom stereocenters. The van der Waals surface area contributed by atoms with Gasteiger partial charge in [0.2, 0.25) is 0 Å². The van der Waals surface area contributed by atoms with Crippen LogP contribution in [-0.4, -0.2) is 22.1 Å². The summed E-state index contributed by atoms with van der Waals surface area (Å²) >= 11 is 0. The molecule has 17 heavy (non-hydrogen) atoms. The van der Waals surface area contributed by atoms with Gasteiger partial charge in [-0.2, -0.15) is 0 Å². The van der Waals surface area contributed by atoms with Crippen LogP contribution in [0.5, 0.6) is 0 Å². The van der Waals surface area contributed by atoms with Gasteiger partial charge in [-0.3, -0.25) is 9.13 Å². The third-order valence-electron chi connectivity index (χ3n) is 2.53. The Bertz CT molecular complexity index is 729. The molecular weight excluding hydrogens is 255 g/mol. The smallest absolute Gasteiger partial charge is 0.744 e. The van der Waals surface area contributed by atoms with E-state index < -0.39 is 10.1 Å². The number of rotatable bonds is 1. The van der Waals surface area contributed by atoms with Crippen molar-refractivity contribution in [3.63, 3.8) is 0 Å². The van der Waals surface area contributed by atoms with Gasteiger partial charge in [-0.15, -0.1) is 0 Å². The van der Waals surface area contributed by atoms with Crippen LogP contribution in [0.4, 0.5) is 0 Å². The minimum Gasteiger partial charge on any atom is -0.744 e. The first-order valence-electron chi connectivity index (χ1n) is 4.44. The first kappa shape index (κ1) is 14.5. The average Bonchev–Trinajstić information content (AvgIpc) is 2.43. The van der Waals surface area contributed by atoms with Gasteiger partial charge < -0.3 is 4.55 Å². The van der Waals surface area contributed by atoms with E-state index in [1.165, 1.54) is 34.4 Å². The van der Waals surface area contributed by atoms with Gasteiger partial charge in [-0.25, -0.2) is 13.2 Å². The maximum atomic E-state index is 11.5. The molecule has 0 bridgehead atoms. The van der Waals surface area contributed by atoms with Gasteiger partial charge in [-0.05, 0) is 18.2 Å². The zero-order valence-corrected chi connectivity index (χ0v) is 12.5. The van der Waals surface area contributed by atoms with E-state index in [9.17, 15) is 17.8 Å². The number of hydrogen-bond acceptors (Lipinski definition) is 4. The minimum absolute atomic E-state index is 0. The number of fused-ring (bicyclic) bond motifs is 1. The fraction of sp³-hybridized carbons (Fsp3) is 0.222. The van der Waals surface area contributed by atoms with Gasteiger partial charge in [0.05, 0.1) is 15.9 Å². The SMILES string of the molecule is Cn1c(=O)n(C)c2cc(S(=O)(=O)[O-])ccc21.[Na+]. The molecule has 8 heteroatoms. The Labute approximate surface area is 120 Å². The first-order chi connectivity index (χ1) is 7.32. The van der Waals surface area contributed by atoms with E-state index in [0.29, 0.717) is 11.0 Å². The molecule has 1 aromatic heterocycles. The Balaban J connectivity index is 0.00000144. The molecule has 1 aromatic carbocycles. The van der Waals surface area contributed by atoms with Crippen LogP contribution in [-0.2, 0) is 24.2 Å². The molecule has 0 aliphatic heterocycles. The number of benzene rings is 1. The Morgan fingerprint density at radius 3 is 2.18 bits per heavy atom. The van der Waals surface area contributed by atoms with E-state index in [-0.39, 0.29) is 40.1 Å². The van der Waals surface area contributed by atoms with Crippen molar-refractivity contribution >= 4 is 21.2 Å². The maximum Gasteiger partial charge on any atom is 1.00 e. The minimum atomic E-state index is -4.49. The van der Waals surface area contributed by atoms with Crippen LogP contribution in [0.15, 0.2) is 27.9 Å². The van der Waals surface area contributed by atoms with Gasteiger partial charge in [0.15, 0.2) is 0 Å². The predicted octanol–water partition coefficient (Wildman–Crippen LogP) is -3.21. The Hall–Kier alpha value is -0.600. The predicted molar refractivity (Wildman–Crippen MR) is 56.1 cm³/mol. The number of aryl methyl sites for hydroxylation is 2. The van der Waals surface area contributed by atoms with Crippen molar-refractivity contribution in [3.05, 3.63) is 28.7 Å². The summed E-state index contributed by atoms with van der Waals surface area (Å²) in [6, 6.07) is 3.85. The van der Waals surface area contributed by atoms with Gasteiger partial charge in [0.1, 0.15) is 10.1 Å². The van der Waals surface area contributed by atoms with Gasteiger partial charge in [-0.1, -0.05) is 0 Å². The second-order valence-electron chi connectivity index (χ2n) is 3.51. The van der Waals surface area contributed by atoms with E-state index in [1.807, 2.05) is 0 Å². The van der Waals surface area contributed by atoms with Crippen molar-refractivity contribution in [1.82, 2.24) is 9.13 Å². The summed E-state index contributed by atoms with van der Waals surface area (Å²) in [7, 11) is -1.39. The first-order valence-corrected chi connectivity index (χ1v) is 5.84. The molecule has 0 aliphatic carbocycles. The monoisotopic (exact) mass is 264 g/mol. The molecule has 0 aliphatic rings. The summed E-state index contributed by atoms with van der Waals surface area (Å²) in [6.07, 6.45) is 0. The van der Waals surface area contributed by atoms with Crippen LogP contribution in [0.25, 0.3) is 11.0 Å². The summed E-state index contributed by atoms with van der Waals surface area (Å²) in [4.78, 5) is 11.2. The third-order valence-corrected chi connectivity index (χ3v) is 3.36. The zero-order valence-electron chi connectivity index (χ0n) is 9.67. The summed E-state index contributed by atoms with van der Waals surface area (Å²) in [6.45, 7) is 0. The van der Waals surface area contributed by atoms with Crippen molar-refractivity contribution in [2.24, 2.45) is 14.1 Å². The quantitative estimate of drug-likeness (QED) is 0.401. The molecule has 0 amide bonds. The molecule has 0 fully saturated rings. The molecule has 2 aromatic rings. The fourth-order valence-corrected chi connectivity index (χ4v) is 2.13. The Morgan fingerprint density at radius 1 is 1.12 bits per heavy atom. The van der Waals surface area contributed by atoms with E-state index in [1.54, 1.807) is 7.05 Å². The van der Waals surface area contributed by atoms with Crippen molar-refractivity contribution in [3.8, 4) is 0 Å². The Morgan fingerprint density at radius 2 is 1.65 bits per heavy atom. The van der Waals surface area contributed by atoms with Crippen LogP contribution in [0.2, 0.25) is 0 Å². The van der Waals surface area contributed by atoms with Crippen LogP contribution in [0, 0.1) is 0 Å². The molecule has 0 radical (unpaired) electrons. The van der Waals surface area contributed by atoms with E-state index in [2.05, 4.69) is 0 Å². The summed E-state index contributed by atoms with van der Waals surface area (Å²) < 4.78 is 35.2. The number of hydrogen-bond donors (Lipinski definition) is 0. The summed E-state index contributed by atoms with van der Waals surface area (Å²) in [5, 5.41) is 0. The van der Waals surface area contributed by atoms with Gasteiger partial charge >= 0.3 is 35.2 Å². The second-order valence-corrected chi connectivity index (χ2v) is 4.88. The van der Waals surface area contributed by atoms with Crippen LogP contribution in [0.3, 0.4) is 0 Å². The van der Waals surface area contributed by atoms with Crippen molar-refractivity contribution in [2.75, 3.05) is 0 Å². The fourth-order valence-electron chi connectivity index (χ4n) is 1.64. The van der Waals surface area contributed by atoms with Crippen molar-refractivity contribution < 1.29 is 42.5 Å². The van der Waals surface area contributed by atoms with Crippen molar-refractivity contribution in [1.29, 1.82) is 0 Å². The molecule has 1 heterocycles. The van der Waals surface area contributed by atoms with Crippen LogP contribution >= 0.6 is 0 Å². The zero-order chi connectivity index (χ0) is 12.1. The van der Waals surface area contributed by atoms with Crippen LogP contribution < -0.4 is 35.2 Å². The molecule has 86 valence electrons. The van der Waals surface area contributed by atoms with Gasteiger partial charge in [0, 0.05) is 14.1 Å². The van der Waals surface area contributed by atoms with Gasteiger partial charge in [0.25, 0.3) is 0 Å². The molecule has 0 saturated carbocycles. The molecule has 0 spiro atoms. The molecule has 2 rings (SSSR count). The number of aromatic nitrogens is 2. The number of imidazole rings is 1. The standard InChI is InChI=1S/C9H10N2O4S.Na/c1-10-7-4-3-6(16(13,14)15)5-8(7)11(2)9(10)12;/h3-5H,1-2H3,(H,13,14,15);/q;+1/p-1. The normalized spacial score (nSPS) is 11.5. The van der Waals surface area contributed by atoms with E-state index in [0.717, 1.165) is 0 Å². The van der Waals surface area contributed by atoms with E-state index >= 15 is 0 Å². The Kier molecular flexibility index (Phi) is 3.90. The molecule has 0 N–H and O–H groups in total. The largest absolute Gasteiger partial charge is 1.00 e. The van der Waals surface area contributed by atoms with Crippen molar-refractivity contribution in [2.45, 2.75) is 4.90 Å². The number of nitrogens with zero attached hydrogens (tertiary/aromatic N) is 2. The summed E-state index contributed by atoms with van der Waals surface area (Å²) in [5.41, 5.74) is 0.736. The topological polar surface area (TPSA) is 84.1 Å². The maximum absolute atomic E-state index is 11.5. The third kappa shape index (κ3) is 2.34. The molecule has 0 unspecified atom stereocenters.